The summed E-state index contributed by atoms with van der Waals surface area (Å²) >= 11 is 0. The van der Waals surface area contributed by atoms with E-state index in [1.54, 1.807) is 234 Å². The largest absolute Gasteiger partial charge is 0.456 e. The first kappa shape index (κ1) is 112. The Morgan fingerprint density at radius 2 is 0.257 bits per heavy atom. The average Bonchev–Trinajstić information content (AvgIpc) is 0.807. The Balaban J connectivity index is 0.979. The summed E-state index contributed by atoms with van der Waals surface area (Å²) in [5.41, 5.74) is -4.60. The number of aromatic nitrogens is 10. The van der Waals surface area contributed by atoms with Gasteiger partial charge >= 0.3 is 59.7 Å². The second kappa shape index (κ2) is 44.5. The number of ether oxygens (including phenoxy) is 14. The highest BCUT2D eigenvalue weighted by Crippen LogP contribution is 2.34. The molecule has 10 aromatic rings. The molecule has 0 fully saturated rings. The van der Waals surface area contributed by atoms with E-state index < -0.39 is 116 Å². The third-order valence-electron chi connectivity index (χ3n) is 18.6. The molecule has 10 aromatic heterocycles. The van der Waals surface area contributed by atoms with Gasteiger partial charge in [0.25, 0.3) is 0 Å². The lowest BCUT2D eigenvalue weighted by Gasteiger charge is -2.21. The van der Waals surface area contributed by atoms with Gasteiger partial charge in [-0.3, -0.25) is 9.97 Å². The lowest BCUT2D eigenvalue weighted by molar-refractivity contribution is 0.00558. The molecule has 0 bridgehead atoms. The van der Waals surface area contributed by atoms with Gasteiger partial charge in [0.05, 0.1) is 211 Å². The van der Waals surface area contributed by atoms with Gasteiger partial charge in [0, 0.05) is 11.4 Å². The fraction of sp³-hybridized carbons (Fsp3) is 0.455. The first-order chi connectivity index (χ1) is 66.3. The van der Waals surface area contributed by atoms with Crippen LogP contribution in [0.3, 0.4) is 0 Å². The van der Waals surface area contributed by atoms with E-state index in [0.29, 0.717) is 11.4 Å². The first-order valence-electron chi connectivity index (χ1n) is 47.0. The predicted molar refractivity (Wildman–Crippen MR) is 532 cm³/mol. The number of pyridine rings is 10. The Hall–Kier alpha value is -14.0. The fourth-order valence-corrected chi connectivity index (χ4v) is 13.5. The van der Waals surface area contributed by atoms with E-state index in [-0.39, 0.29) is 211 Å². The number of carbonyl (C=O) groups is 10. The van der Waals surface area contributed by atoms with Crippen molar-refractivity contribution >= 4 is 59.7 Å². The average molecular weight is 1980 g/mol. The van der Waals surface area contributed by atoms with E-state index in [4.69, 9.17) is 106 Å². The minimum Gasteiger partial charge on any atom is -0.456 e. The van der Waals surface area contributed by atoms with E-state index in [2.05, 4.69) is 9.97 Å². The highest BCUT2D eigenvalue weighted by atomic mass is 16.6. The van der Waals surface area contributed by atoms with E-state index in [0.717, 1.165) is 0 Å². The Kier molecular flexibility index (Phi) is 34.6. The normalized spacial score (nSPS) is 12.4. The quantitative estimate of drug-likeness (QED) is 0.0288. The molecule has 144 heavy (non-hydrogen) atoms. The summed E-state index contributed by atoms with van der Waals surface area (Å²) in [7, 11) is 0. The number of hydrogen-bond acceptors (Lipinski definition) is 34. The zero-order valence-corrected chi connectivity index (χ0v) is 88.5. The second-order valence-electron chi connectivity index (χ2n) is 44.6. The Bertz CT molecular complexity index is 6140. The van der Waals surface area contributed by atoms with Gasteiger partial charge in [0.1, 0.15) is 56.0 Å². The van der Waals surface area contributed by atoms with Gasteiger partial charge in [-0.1, -0.05) is 0 Å². The standard InChI is InChI=1S/C110H132N10O24/c1-61-33-63(91(121)135-101(3,4)5)43-81(111-61)83-45-65(93(123)137-103(9,10)11)35-73(113-83)53-131-55-75-37-67(95(125)139-105(15,16)17)47-85(115-75)87-49-69(97(127)141-107(21,22)23)39-77(117-87)57-133-59-79-41-71(99(129)143-109(27,28)29)51-89(119-79)90-52-72(100(130)144-110(30,31)32)42-80(120-90)60-134-58-78-40-70(98(128)142-108(24,25)26)50-88(118-78)86-48-68(96(126)140-106(18,19)20)38-76(116-86)56-132-54-74-36-66(94(124)138-104(12,13)14)46-84(114-74)82-44-64(34-62(2)112-82)92(122)136-102(6,7)8/h33-52H,53-60H2,1-32H3. The highest BCUT2D eigenvalue weighted by Gasteiger charge is 2.33. The maximum atomic E-state index is 14.4. The summed E-state index contributed by atoms with van der Waals surface area (Å²) in [4.78, 5) is 189. The summed E-state index contributed by atoms with van der Waals surface area (Å²) in [5.74, 6) is -6.98. The smallest absolute Gasteiger partial charge is 0.338 e. The number of nitrogens with zero attached hydrogens (tertiary/aromatic N) is 10. The molecule has 0 saturated carbocycles. The topological polar surface area (TPSA) is 429 Å². The molecule has 34 nitrogen and oxygen atoms in total. The minimum atomic E-state index is -0.998. The molecule has 0 saturated heterocycles. The fourth-order valence-electron chi connectivity index (χ4n) is 13.5. The van der Waals surface area contributed by atoms with Crippen LogP contribution in [-0.4, -0.2) is 166 Å². The van der Waals surface area contributed by atoms with Crippen LogP contribution in [-0.2, 0) is 119 Å². The van der Waals surface area contributed by atoms with Crippen molar-refractivity contribution in [2.75, 3.05) is 0 Å². The van der Waals surface area contributed by atoms with Crippen LogP contribution in [0.2, 0.25) is 0 Å². The van der Waals surface area contributed by atoms with Crippen LogP contribution in [0.15, 0.2) is 121 Å². The number of esters is 10. The van der Waals surface area contributed by atoms with Crippen molar-refractivity contribution in [3.8, 4) is 56.9 Å². The van der Waals surface area contributed by atoms with Crippen LogP contribution in [0, 0.1) is 13.8 Å². The van der Waals surface area contributed by atoms with Crippen molar-refractivity contribution in [2.45, 2.75) is 330 Å². The van der Waals surface area contributed by atoms with E-state index in [1.807, 2.05) is 0 Å². The van der Waals surface area contributed by atoms with Gasteiger partial charge in [-0.2, -0.15) is 0 Å². The SMILES string of the molecule is Cc1cc(C(=O)OC(C)(C)C)cc(-c2cc(C(=O)OC(C)(C)C)cc(COCc3cc(C(=O)OC(C)(C)C)cc(-c4cc(C(=O)OC(C)(C)C)cc(COCc5cc(C(=O)OC(C)(C)C)cc(-c6cc(C(=O)OC(C)(C)C)cc(COCc7cc(C(=O)OC(C)(C)C)cc(-c8cc(C(=O)OC(C)(C)C)cc(COCc9cc(C(=O)OC(C)(C)C)cc(-c%10cc(C(=O)OC(C)(C)C)cc(C)n%10)n9)n8)n7)n6)n5)n4)n3)n2)n1. The molecule has 10 heterocycles. The molecular formula is C110H132N10O24. The number of hydrogen-bond donors (Lipinski definition) is 0. The van der Waals surface area contributed by atoms with Crippen molar-refractivity contribution in [2.24, 2.45) is 0 Å². The molecule has 0 spiro atoms. The number of aryl methyl sites for hydroxylation is 2. The Morgan fingerprint density at radius 1 is 0.160 bits per heavy atom. The molecule has 0 radical (unpaired) electrons. The predicted octanol–water partition coefficient (Wildman–Crippen LogP) is 21.0. The van der Waals surface area contributed by atoms with Crippen LogP contribution in [0.4, 0.5) is 0 Å². The monoisotopic (exact) mass is 1980 g/mol. The molecule has 766 valence electrons. The molecule has 0 atom stereocenters. The van der Waals surface area contributed by atoms with Crippen molar-refractivity contribution in [1.82, 2.24) is 49.8 Å². The lowest BCUT2D eigenvalue weighted by atomic mass is 10.1. The summed E-state index contributed by atoms with van der Waals surface area (Å²) in [5, 5.41) is 0. The van der Waals surface area contributed by atoms with Crippen molar-refractivity contribution in [3.63, 3.8) is 0 Å². The van der Waals surface area contributed by atoms with Crippen LogP contribution in [0.25, 0.3) is 56.9 Å². The third kappa shape index (κ3) is 35.9. The highest BCUT2D eigenvalue weighted by molar-refractivity contribution is 5.98. The van der Waals surface area contributed by atoms with Crippen LogP contribution in [0.1, 0.15) is 368 Å². The van der Waals surface area contributed by atoms with E-state index in [9.17, 15) is 47.9 Å². The minimum absolute atomic E-state index is 0.00488. The molecule has 34 heteroatoms. The van der Waals surface area contributed by atoms with Gasteiger partial charge in [-0.15, -0.1) is 0 Å². The molecule has 10 rings (SSSR count). The van der Waals surface area contributed by atoms with Crippen molar-refractivity contribution in [1.29, 1.82) is 0 Å². The number of carbonyl (C=O) groups excluding carboxylic acids is 10. The van der Waals surface area contributed by atoms with Crippen molar-refractivity contribution in [3.05, 3.63) is 234 Å². The Morgan fingerprint density at radius 3 is 0.361 bits per heavy atom. The molecule has 0 amide bonds. The Labute approximate surface area is 840 Å². The molecule has 0 unspecified atom stereocenters. The molecular weight excluding hydrogens is 1850 g/mol. The molecule has 0 N–H and O–H groups in total. The van der Waals surface area contributed by atoms with Gasteiger partial charge < -0.3 is 66.3 Å². The second-order valence-corrected chi connectivity index (χ2v) is 44.6. The van der Waals surface area contributed by atoms with Gasteiger partial charge in [-0.05, 0) is 343 Å². The van der Waals surface area contributed by atoms with Crippen LogP contribution in [0.5, 0.6) is 0 Å². The molecule has 0 aromatic carbocycles. The van der Waals surface area contributed by atoms with Gasteiger partial charge in [0.2, 0.25) is 0 Å². The summed E-state index contributed by atoms with van der Waals surface area (Å²) in [6.07, 6.45) is 0. The maximum Gasteiger partial charge on any atom is 0.338 e. The lowest BCUT2D eigenvalue weighted by Crippen LogP contribution is -2.24. The summed E-state index contributed by atoms with van der Waals surface area (Å²) in [6.45, 7) is 52.7. The van der Waals surface area contributed by atoms with Crippen LogP contribution < -0.4 is 0 Å². The third-order valence-corrected chi connectivity index (χ3v) is 18.6. The van der Waals surface area contributed by atoms with E-state index >= 15 is 0 Å². The molecule has 0 aliphatic heterocycles. The zero-order valence-electron chi connectivity index (χ0n) is 88.5. The van der Waals surface area contributed by atoms with Gasteiger partial charge in [0.15, 0.2) is 0 Å². The number of rotatable bonds is 31. The first-order valence-corrected chi connectivity index (χ1v) is 47.0. The summed E-state index contributed by atoms with van der Waals surface area (Å²) < 4.78 is 84.0. The van der Waals surface area contributed by atoms with Crippen molar-refractivity contribution < 1.29 is 114 Å². The summed E-state index contributed by atoms with van der Waals surface area (Å²) in [6, 6.07) is 29.8. The molecule has 0 aliphatic carbocycles. The maximum absolute atomic E-state index is 14.4. The van der Waals surface area contributed by atoms with E-state index in [1.165, 1.54) is 109 Å². The van der Waals surface area contributed by atoms with Gasteiger partial charge in [-0.25, -0.2) is 87.8 Å². The van der Waals surface area contributed by atoms with Crippen LogP contribution >= 0.6 is 0 Å². The molecule has 0 aliphatic rings. The zero-order chi connectivity index (χ0) is 107.